The molecule has 7 heteroatoms. The third-order valence-electron chi connectivity index (χ3n) is 3.45. The van der Waals surface area contributed by atoms with Gasteiger partial charge in [-0.25, -0.2) is 4.79 Å². The van der Waals surface area contributed by atoms with Crippen LogP contribution in [-0.2, 0) is 9.59 Å². The van der Waals surface area contributed by atoms with Crippen LogP contribution in [0.15, 0.2) is 0 Å². The summed E-state index contributed by atoms with van der Waals surface area (Å²) in [7, 11) is 0. The van der Waals surface area contributed by atoms with Crippen molar-refractivity contribution < 1.29 is 19.5 Å². The number of carboxylic acids is 1. The molecule has 0 aromatic heterocycles. The number of rotatable bonds is 8. The number of primary amides is 1. The first-order valence-electron chi connectivity index (χ1n) is 7.05. The number of carboxylic acid groups (broad SMARTS) is 1. The number of carbonyl (C=O) groups is 3. The second kappa shape index (κ2) is 8.39. The molecule has 20 heavy (non-hydrogen) atoms. The van der Waals surface area contributed by atoms with Crippen LogP contribution in [0.25, 0.3) is 0 Å². The largest absolute Gasteiger partial charge is 0.481 e. The quantitative estimate of drug-likeness (QED) is 0.569. The SMILES string of the molecule is NC(=O)CN(C(=O)NCCCCC(=O)O)C1CCCC1. The van der Waals surface area contributed by atoms with Gasteiger partial charge in [-0.1, -0.05) is 12.8 Å². The van der Waals surface area contributed by atoms with Crippen LogP contribution in [0, 0.1) is 0 Å². The van der Waals surface area contributed by atoms with Gasteiger partial charge in [0.2, 0.25) is 5.91 Å². The van der Waals surface area contributed by atoms with Gasteiger partial charge in [-0.3, -0.25) is 9.59 Å². The van der Waals surface area contributed by atoms with Crippen LogP contribution in [0.1, 0.15) is 44.9 Å². The Morgan fingerprint density at radius 3 is 2.40 bits per heavy atom. The molecule has 4 N–H and O–H groups in total. The number of nitrogens with two attached hydrogens (primary N) is 1. The van der Waals surface area contributed by atoms with E-state index in [0.29, 0.717) is 19.4 Å². The summed E-state index contributed by atoms with van der Waals surface area (Å²) in [6, 6.07) is -0.201. The fourth-order valence-corrected chi connectivity index (χ4v) is 2.45. The molecule has 0 saturated heterocycles. The van der Waals surface area contributed by atoms with E-state index in [1.807, 2.05) is 0 Å². The zero-order chi connectivity index (χ0) is 15.0. The van der Waals surface area contributed by atoms with Crippen LogP contribution >= 0.6 is 0 Å². The second-order valence-electron chi connectivity index (χ2n) is 5.12. The molecule has 0 spiro atoms. The molecule has 0 aliphatic heterocycles. The molecule has 0 aromatic carbocycles. The second-order valence-corrected chi connectivity index (χ2v) is 5.12. The number of carbonyl (C=O) groups excluding carboxylic acids is 2. The molecule has 114 valence electrons. The van der Waals surface area contributed by atoms with Gasteiger partial charge in [0.25, 0.3) is 0 Å². The van der Waals surface area contributed by atoms with Crippen molar-refractivity contribution in [1.29, 1.82) is 0 Å². The molecule has 7 nitrogen and oxygen atoms in total. The summed E-state index contributed by atoms with van der Waals surface area (Å²) in [5, 5.41) is 11.2. The normalized spacial score (nSPS) is 15.0. The number of nitrogens with one attached hydrogen (secondary N) is 1. The molecule has 0 heterocycles. The number of urea groups is 1. The summed E-state index contributed by atoms with van der Waals surface area (Å²) in [5.41, 5.74) is 5.18. The first-order chi connectivity index (χ1) is 9.50. The Kier molecular flexibility index (Phi) is 6.83. The lowest BCUT2D eigenvalue weighted by molar-refractivity contribution is -0.137. The Hall–Kier alpha value is -1.79. The van der Waals surface area contributed by atoms with Crippen LogP contribution < -0.4 is 11.1 Å². The average molecular weight is 285 g/mol. The van der Waals surface area contributed by atoms with E-state index in [9.17, 15) is 14.4 Å². The van der Waals surface area contributed by atoms with Crippen molar-refractivity contribution in [3.63, 3.8) is 0 Å². The topological polar surface area (TPSA) is 113 Å². The number of unbranched alkanes of at least 4 members (excludes halogenated alkanes) is 1. The van der Waals surface area contributed by atoms with Gasteiger partial charge in [-0.15, -0.1) is 0 Å². The average Bonchev–Trinajstić information content (AvgIpc) is 2.88. The summed E-state index contributed by atoms with van der Waals surface area (Å²) in [5.74, 6) is -1.35. The van der Waals surface area contributed by atoms with Gasteiger partial charge in [0.1, 0.15) is 6.54 Å². The minimum Gasteiger partial charge on any atom is -0.481 e. The smallest absolute Gasteiger partial charge is 0.318 e. The van der Waals surface area contributed by atoms with Crippen LogP contribution in [0.3, 0.4) is 0 Å². The van der Waals surface area contributed by atoms with Crippen molar-refractivity contribution >= 4 is 17.9 Å². The molecule has 0 atom stereocenters. The maximum atomic E-state index is 12.1. The Labute approximate surface area is 118 Å². The fourth-order valence-electron chi connectivity index (χ4n) is 2.45. The molecule has 3 amide bonds. The highest BCUT2D eigenvalue weighted by Gasteiger charge is 2.27. The van der Waals surface area contributed by atoms with Gasteiger partial charge in [-0.2, -0.15) is 0 Å². The van der Waals surface area contributed by atoms with Crippen LogP contribution in [-0.4, -0.2) is 47.0 Å². The van der Waals surface area contributed by atoms with E-state index in [1.54, 1.807) is 0 Å². The van der Waals surface area contributed by atoms with Gasteiger partial charge in [0, 0.05) is 19.0 Å². The van der Waals surface area contributed by atoms with Crippen LogP contribution in [0.4, 0.5) is 4.79 Å². The molecule has 1 aliphatic rings. The summed E-state index contributed by atoms with van der Waals surface area (Å²) in [4.78, 5) is 35.0. The summed E-state index contributed by atoms with van der Waals surface area (Å²) >= 11 is 0. The third-order valence-corrected chi connectivity index (χ3v) is 3.45. The lowest BCUT2D eigenvalue weighted by Crippen LogP contribution is -2.49. The highest BCUT2D eigenvalue weighted by molar-refractivity contribution is 5.83. The molecule has 1 saturated carbocycles. The van der Waals surface area contributed by atoms with E-state index in [-0.39, 0.29) is 25.0 Å². The molecule has 0 radical (unpaired) electrons. The molecule has 0 aromatic rings. The maximum absolute atomic E-state index is 12.1. The lowest BCUT2D eigenvalue weighted by atomic mass is 10.2. The van der Waals surface area contributed by atoms with E-state index < -0.39 is 11.9 Å². The van der Waals surface area contributed by atoms with Crippen molar-refractivity contribution in [2.24, 2.45) is 5.73 Å². The van der Waals surface area contributed by atoms with E-state index in [1.165, 1.54) is 4.90 Å². The molecule has 0 unspecified atom stereocenters. The predicted octanol–water partition coefficient (Wildman–Crippen LogP) is 0.681. The Morgan fingerprint density at radius 1 is 1.20 bits per heavy atom. The number of nitrogens with zero attached hydrogens (tertiary/aromatic N) is 1. The van der Waals surface area contributed by atoms with Crippen LogP contribution in [0.5, 0.6) is 0 Å². The predicted molar refractivity (Wildman–Crippen MR) is 73.0 cm³/mol. The monoisotopic (exact) mass is 285 g/mol. The van der Waals surface area contributed by atoms with E-state index >= 15 is 0 Å². The number of hydrogen-bond donors (Lipinski definition) is 3. The van der Waals surface area contributed by atoms with Gasteiger partial charge >= 0.3 is 12.0 Å². The van der Waals surface area contributed by atoms with Gasteiger partial charge < -0.3 is 21.1 Å². The summed E-state index contributed by atoms with van der Waals surface area (Å²) in [6.45, 7) is 0.347. The molecular weight excluding hydrogens is 262 g/mol. The van der Waals surface area contributed by atoms with Crippen molar-refractivity contribution in [3.8, 4) is 0 Å². The standard InChI is InChI=1S/C13H23N3O4/c14-11(17)9-16(10-5-1-2-6-10)13(20)15-8-4-3-7-12(18)19/h10H,1-9H2,(H2,14,17)(H,15,20)(H,18,19). The van der Waals surface area contributed by atoms with Crippen molar-refractivity contribution in [2.45, 2.75) is 51.0 Å². The fraction of sp³-hybridized carbons (Fsp3) is 0.769. The Bertz CT molecular complexity index is 354. The Morgan fingerprint density at radius 2 is 1.85 bits per heavy atom. The number of aliphatic carboxylic acids is 1. The highest BCUT2D eigenvalue weighted by atomic mass is 16.4. The molecule has 0 bridgehead atoms. The van der Waals surface area contributed by atoms with E-state index in [4.69, 9.17) is 10.8 Å². The molecule has 1 aliphatic carbocycles. The lowest BCUT2D eigenvalue weighted by Gasteiger charge is -2.27. The molecule has 1 fully saturated rings. The Balaban J connectivity index is 2.34. The zero-order valence-electron chi connectivity index (χ0n) is 11.6. The third kappa shape index (κ3) is 5.90. The minimum atomic E-state index is -0.836. The van der Waals surface area contributed by atoms with Gasteiger partial charge in [0.05, 0.1) is 0 Å². The van der Waals surface area contributed by atoms with Crippen molar-refractivity contribution in [3.05, 3.63) is 0 Å². The maximum Gasteiger partial charge on any atom is 0.318 e. The summed E-state index contributed by atoms with van der Waals surface area (Å²) < 4.78 is 0. The number of amides is 3. The number of hydrogen-bond acceptors (Lipinski definition) is 3. The molecule has 1 rings (SSSR count). The zero-order valence-corrected chi connectivity index (χ0v) is 11.6. The van der Waals surface area contributed by atoms with Crippen molar-refractivity contribution in [1.82, 2.24) is 10.2 Å². The van der Waals surface area contributed by atoms with E-state index in [0.717, 1.165) is 25.7 Å². The van der Waals surface area contributed by atoms with Crippen LogP contribution in [0.2, 0.25) is 0 Å². The minimum absolute atomic E-state index is 0.0639. The van der Waals surface area contributed by atoms with E-state index in [2.05, 4.69) is 5.32 Å². The summed E-state index contributed by atoms with van der Waals surface area (Å²) in [6.07, 6.45) is 5.16. The molecular formula is C13H23N3O4. The van der Waals surface area contributed by atoms with Gasteiger partial charge in [0.15, 0.2) is 0 Å². The van der Waals surface area contributed by atoms with Crippen molar-refractivity contribution in [2.75, 3.05) is 13.1 Å². The first-order valence-corrected chi connectivity index (χ1v) is 7.05. The first kappa shape index (κ1) is 16.3. The highest BCUT2D eigenvalue weighted by Crippen LogP contribution is 2.23. The van der Waals surface area contributed by atoms with Gasteiger partial charge in [-0.05, 0) is 25.7 Å².